The van der Waals surface area contributed by atoms with Gasteiger partial charge in [0.1, 0.15) is 26.4 Å². The van der Waals surface area contributed by atoms with Crippen molar-refractivity contribution in [2.24, 2.45) is 0 Å². The third kappa shape index (κ3) is 1570. The Morgan fingerprint density at radius 1 is 0.582 bits per heavy atom. The molecule has 37 heteroatoms. The summed E-state index contributed by atoms with van der Waals surface area (Å²) in [5.41, 5.74) is 0. The summed E-state index contributed by atoms with van der Waals surface area (Å²) in [5.74, 6) is 0. The van der Waals surface area contributed by atoms with Crippen LogP contribution in [0, 0.1) is 0 Å². The van der Waals surface area contributed by atoms with Crippen LogP contribution in [0.4, 0.5) is 0 Å². The summed E-state index contributed by atoms with van der Waals surface area (Å²) in [6.07, 6.45) is 0.500. The first kappa shape index (κ1) is 161. The fraction of sp³-hybridized carbons (Fsp3) is 0.722. The van der Waals surface area contributed by atoms with Crippen molar-refractivity contribution >= 4 is 31.7 Å². The molecule has 0 bridgehead atoms. The average Bonchev–Trinajstić information content (AvgIpc) is 2.97. The quantitative estimate of drug-likeness (QED) is 0.0358. The Kier molecular flexibility index (Phi) is 1050. The summed E-state index contributed by atoms with van der Waals surface area (Å²) in [4.78, 5) is 79.5. The van der Waals surface area contributed by atoms with Crippen molar-refractivity contribution in [1.82, 2.24) is 0 Å². The summed E-state index contributed by atoms with van der Waals surface area (Å²) >= 11 is -3.44. The zero-order chi connectivity index (χ0) is 35.6. The predicted octanol–water partition coefficient (Wildman–Crippen LogP) is -3.90. The maximum absolute atomic E-state index is 8.64. The minimum absolute atomic E-state index is 0. The van der Waals surface area contributed by atoms with Crippen molar-refractivity contribution in [1.29, 1.82) is 0 Å². The van der Waals surface area contributed by atoms with Gasteiger partial charge in [-0.2, -0.15) is 19.2 Å². The van der Waals surface area contributed by atoms with Crippen LogP contribution in [0.1, 0.15) is 65.1 Å². The first-order valence-corrected chi connectivity index (χ1v) is 9.69. The molecule has 0 aromatic rings. The SMILES string of the molecule is C.C.C.C.C.C.C.C.COO[O-].O.O.O.O.O.O=C=O.O=C=O.O=CO.O=CO.O=CO[O-].OOOCCOOO.OOOCCOOO.[H+].[H+].[H+].[H+].[O]=[Mn]=[O].[O]=[Ti]=[O]. The normalized spacial score (nSPS) is 4.85. The molecule has 0 aromatic heterocycles. The number of carboxylic acid groups (broad SMARTS) is 2. The molecule has 357 valence electrons. The van der Waals surface area contributed by atoms with Crippen LogP contribution in [0.25, 0.3) is 0 Å². The van der Waals surface area contributed by atoms with Crippen LogP contribution in [0.2, 0.25) is 0 Å². The van der Waals surface area contributed by atoms with Crippen molar-refractivity contribution in [3.63, 3.8) is 0 Å². The van der Waals surface area contributed by atoms with Crippen LogP contribution in [0.15, 0.2) is 0 Å². The summed E-state index contributed by atoms with van der Waals surface area (Å²) in [7, 11) is 1.15. The molecule has 0 amide bonds. The molecule has 0 saturated heterocycles. The van der Waals surface area contributed by atoms with E-state index in [4.69, 9.17) is 89.6 Å². The monoisotopic (exact) mass is 945 g/mol. The molecular weight excluding hydrogens is 879 g/mol. The van der Waals surface area contributed by atoms with Gasteiger partial charge in [-0.15, -0.1) is 0 Å². The predicted molar refractivity (Wildman–Crippen MR) is 160 cm³/mol. The molecule has 0 aliphatic heterocycles. The Balaban J connectivity index is -0.00000000765. The summed E-state index contributed by atoms with van der Waals surface area (Å²) in [6, 6.07) is 0. The third-order valence-corrected chi connectivity index (χ3v) is 0.818. The van der Waals surface area contributed by atoms with E-state index in [2.05, 4.69) is 54.5 Å². The summed E-state index contributed by atoms with van der Waals surface area (Å²) in [6.45, 7) is -0.803. The van der Waals surface area contributed by atoms with E-state index in [0.29, 0.717) is 0 Å². The fourth-order valence-electron chi connectivity index (χ4n) is 0.285. The number of carbonyl (C=O) groups excluding carboxylic acids is 5. The molecule has 0 fully saturated rings. The van der Waals surface area contributed by atoms with Gasteiger partial charge in [-0.1, -0.05) is 79.6 Å². The molecule has 0 atom stereocenters. The zero-order valence-electron chi connectivity index (χ0n) is 26.4. The van der Waals surface area contributed by atoms with Crippen LogP contribution in [0.3, 0.4) is 0 Å². The first-order valence-electron chi connectivity index (χ1n) is 7.45. The van der Waals surface area contributed by atoms with Gasteiger partial charge in [0.25, 0.3) is 19.4 Å². The molecule has 0 aliphatic rings. The van der Waals surface area contributed by atoms with Crippen molar-refractivity contribution in [2.75, 3.05) is 33.5 Å². The van der Waals surface area contributed by atoms with Crippen molar-refractivity contribution < 1.29 is 211 Å². The molecule has 0 rings (SSSR count). The zero-order valence-corrected chi connectivity index (χ0v) is 25.2. The number of carbonyl (C=O) groups is 3. The van der Waals surface area contributed by atoms with Gasteiger partial charge in [-0.25, -0.2) is 45.5 Å². The molecule has 0 heterocycles. The van der Waals surface area contributed by atoms with E-state index in [1.165, 1.54) is 0 Å². The number of rotatable bonds is 12. The Morgan fingerprint density at radius 2 is 0.673 bits per heavy atom. The van der Waals surface area contributed by atoms with Gasteiger partial charge in [-0.3, -0.25) is 19.4 Å². The van der Waals surface area contributed by atoms with E-state index in [9.17, 15) is 0 Å². The molecule has 0 aromatic carbocycles. The second kappa shape index (κ2) is 357. The molecular formula is C18H66MnO35Ti+2. The van der Waals surface area contributed by atoms with Crippen LogP contribution < -0.4 is 10.5 Å². The Labute approximate surface area is 335 Å². The second-order valence-corrected chi connectivity index (χ2v) is 2.99. The molecule has 16 N–H and O–H groups in total. The molecule has 0 saturated carbocycles. The Bertz CT molecular complexity index is 495. The molecule has 0 spiro atoms. The van der Waals surface area contributed by atoms with Gasteiger partial charge < -0.3 is 53.0 Å². The topological polar surface area (TPSA) is 614 Å². The van der Waals surface area contributed by atoms with E-state index in [-0.39, 0.29) is 151 Å². The van der Waals surface area contributed by atoms with Crippen LogP contribution >= 0.6 is 0 Å². The molecule has 0 radical (unpaired) electrons. The maximum atomic E-state index is 8.64. The van der Waals surface area contributed by atoms with Gasteiger partial charge in [0.05, 0.1) is 7.11 Å². The van der Waals surface area contributed by atoms with Crippen LogP contribution in [-0.2, 0) is 136 Å². The van der Waals surface area contributed by atoms with E-state index in [1.54, 1.807) is 0 Å². The van der Waals surface area contributed by atoms with E-state index >= 15 is 0 Å². The summed E-state index contributed by atoms with van der Waals surface area (Å²) < 4.78 is 33.8. The van der Waals surface area contributed by atoms with Crippen LogP contribution in [-0.4, -0.2) is 124 Å². The van der Waals surface area contributed by atoms with Crippen molar-refractivity contribution in [2.45, 2.75) is 59.4 Å². The van der Waals surface area contributed by atoms with E-state index in [1.807, 2.05) is 0 Å². The van der Waals surface area contributed by atoms with Gasteiger partial charge in [0, 0.05) is 0 Å². The standard InChI is InChI=1S/2C2H6O6.CH4O3.CH2O3.2CH2O2.2CO2.8CH4.Mn.5H2O.4O.Ti/c2*3-7-5-1-2-6-8-4;1-3-4-2;2-1-4-3;4*2-1-3;;;;;;;;;;;;;;;;;;;/h2*3-4H,1-2H2;2H,1H3;1,3H;2*1H,(H,2,3);;;8*1H4;;5*1H2;;;;;/p+2. The van der Waals surface area contributed by atoms with E-state index in [0.717, 1.165) is 7.11 Å². The molecule has 0 unspecified atom stereocenters. The molecule has 35 nitrogen and oxygen atoms in total. The molecule has 0 aliphatic carbocycles. The van der Waals surface area contributed by atoms with Gasteiger partial charge >= 0.3 is 66.2 Å². The van der Waals surface area contributed by atoms with Gasteiger partial charge in [-0.05, 0) is 0 Å². The minimum atomic E-state index is -2.00. The van der Waals surface area contributed by atoms with Crippen LogP contribution in [0.5, 0.6) is 0 Å². The Hall–Kier alpha value is -3.24. The number of hydrogen-bond donors (Lipinski definition) is 6. The van der Waals surface area contributed by atoms with E-state index < -0.39 is 33.9 Å². The Morgan fingerprint density at radius 3 is 0.709 bits per heavy atom. The fourth-order valence-corrected chi connectivity index (χ4v) is 0.285. The first-order chi connectivity index (χ1) is 20.1. The second-order valence-electron chi connectivity index (χ2n) is 2.54. The third-order valence-electron chi connectivity index (χ3n) is 0.818. The van der Waals surface area contributed by atoms with Crippen molar-refractivity contribution in [3.05, 3.63) is 0 Å². The van der Waals surface area contributed by atoms with Gasteiger partial charge in [0.2, 0.25) is 0 Å². The summed E-state index contributed by atoms with van der Waals surface area (Å²) in [5, 5.41) is 76.2. The number of hydrogen-bond acceptors (Lipinski definition) is 28. The average molecular weight is 945 g/mol. The van der Waals surface area contributed by atoms with Crippen molar-refractivity contribution in [3.8, 4) is 0 Å². The molecule has 55 heavy (non-hydrogen) atoms. The van der Waals surface area contributed by atoms with Gasteiger partial charge in [0.15, 0.2) is 0 Å².